The zero-order chi connectivity index (χ0) is 23.0. The van der Waals surface area contributed by atoms with Crippen LogP contribution in [-0.4, -0.2) is 28.1 Å². The Kier molecular flexibility index (Phi) is 5.68. The van der Waals surface area contributed by atoms with E-state index in [9.17, 15) is 22.8 Å². The summed E-state index contributed by atoms with van der Waals surface area (Å²) in [4.78, 5) is 26.2. The lowest BCUT2D eigenvalue weighted by molar-refractivity contribution is -0.143. The minimum atomic E-state index is -4.81. The number of amides is 2. The molecule has 2 aromatic carbocycles. The summed E-state index contributed by atoms with van der Waals surface area (Å²) in [7, 11) is 0. The zero-order valence-corrected chi connectivity index (χ0v) is 17.7. The fourth-order valence-electron chi connectivity index (χ4n) is 3.57. The van der Waals surface area contributed by atoms with E-state index >= 15 is 0 Å². The molecule has 0 spiro atoms. The Bertz CT molecular complexity index is 1190. The lowest BCUT2D eigenvalue weighted by atomic mass is 10.2. The molecule has 32 heavy (non-hydrogen) atoms. The standard InChI is InChI=1S/C22H18ClF3N4O2/c1-13-4-7-15(8-5-13)30-20(22(24,25)26)16(12-27-30)21(32)28-14-6-9-18(17(23)11-14)29-10-2-3-19(29)31/h4-9,11-12H,2-3,10H2,1H3,(H,28,32). The minimum Gasteiger partial charge on any atom is -0.322 e. The van der Waals surface area contributed by atoms with E-state index in [4.69, 9.17) is 11.6 Å². The maximum absolute atomic E-state index is 13.8. The highest BCUT2D eigenvalue weighted by atomic mass is 35.5. The van der Waals surface area contributed by atoms with Crippen LogP contribution < -0.4 is 10.2 Å². The summed E-state index contributed by atoms with van der Waals surface area (Å²) < 4.78 is 42.2. The predicted molar refractivity (Wildman–Crippen MR) is 114 cm³/mol. The van der Waals surface area contributed by atoms with Crippen molar-refractivity contribution in [3.8, 4) is 5.69 Å². The van der Waals surface area contributed by atoms with Crippen LogP contribution in [0.3, 0.4) is 0 Å². The molecular weight excluding hydrogens is 445 g/mol. The summed E-state index contributed by atoms with van der Waals surface area (Å²) in [6.45, 7) is 2.35. The second kappa shape index (κ2) is 8.31. The van der Waals surface area contributed by atoms with Gasteiger partial charge in [0.2, 0.25) is 5.91 Å². The van der Waals surface area contributed by atoms with Crippen molar-refractivity contribution in [2.24, 2.45) is 0 Å². The van der Waals surface area contributed by atoms with Gasteiger partial charge in [-0.2, -0.15) is 18.3 Å². The Balaban J connectivity index is 1.63. The van der Waals surface area contributed by atoms with E-state index in [0.29, 0.717) is 23.3 Å². The van der Waals surface area contributed by atoms with Gasteiger partial charge < -0.3 is 10.2 Å². The van der Waals surface area contributed by atoms with Crippen LogP contribution in [0.15, 0.2) is 48.7 Å². The minimum absolute atomic E-state index is 0.0537. The van der Waals surface area contributed by atoms with Crippen LogP contribution in [0.4, 0.5) is 24.5 Å². The Morgan fingerprint density at radius 3 is 2.47 bits per heavy atom. The maximum atomic E-state index is 13.8. The van der Waals surface area contributed by atoms with Crippen molar-refractivity contribution in [3.05, 3.63) is 70.5 Å². The van der Waals surface area contributed by atoms with Crippen LogP contribution in [-0.2, 0) is 11.0 Å². The van der Waals surface area contributed by atoms with Crippen molar-refractivity contribution in [1.29, 1.82) is 0 Å². The van der Waals surface area contributed by atoms with Crippen molar-refractivity contribution < 1.29 is 22.8 Å². The van der Waals surface area contributed by atoms with E-state index < -0.39 is 23.3 Å². The van der Waals surface area contributed by atoms with Gasteiger partial charge in [0.15, 0.2) is 5.69 Å². The summed E-state index contributed by atoms with van der Waals surface area (Å²) in [5.41, 5.74) is -0.0350. The monoisotopic (exact) mass is 462 g/mol. The average Bonchev–Trinajstić information content (AvgIpc) is 3.35. The molecule has 1 aliphatic rings. The predicted octanol–water partition coefficient (Wildman–Crippen LogP) is 5.23. The van der Waals surface area contributed by atoms with E-state index in [1.54, 1.807) is 23.1 Å². The molecule has 2 amide bonds. The van der Waals surface area contributed by atoms with Crippen LogP contribution in [0.2, 0.25) is 5.02 Å². The molecular formula is C22H18ClF3N4O2. The molecule has 1 saturated heterocycles. The number of aromatic nitrogens is 2. The van der Waals surface area contributed by atoms with E-state index in [0.717, 1.165) is 18.2 Å². The SMILES string of the molecule is Cc1ccc(-n2ncc(C(=O)Nc3ccc(N4CCCC4=O)c(Cl)c3)c2C(F)(F)F)cc1. The van der Waals surface area contributed by atoms with E-state index in [1.807, 2.05) is 6.92 Å². The van der Waals surface area contributed by atoms with E-state index in [2.05, 4.69) is 10.4 Å². The first kappa shape index (κ1) is 21.9. The Hall–Kier alpha value is -3.33. The zero-order valence-electron chi connectivity index (χ0n) is 16.9. The van der Waals surface area contributed by atoms with Crippen LogP contribution in [0.1, 0.15) is 34.5 Å². The first-order valence-corrected chi connectivity index (χ1v) is 10.2. The Morgan fingerprint density at radius 2 is 1.88 bits per heavy atom. The fraction of sp³-hybridized carbons (Fsp3) is 0.227. The normalized spacial score (nSPS) is 14.2. The van der Waals surface area contributed by atoms with Gasteiger partial charge in [-0.25, -0.2) is 4.68 Å². The molecule has 4 rings (SSSR count). The number of nitrogens with zero attached hydrogens (tertiary/aromatic N) is 3. The van der Waals surface area contributed by atoms with Gasteiger partial charge in [-0.15, -0.1) is 0 Å². The van der Waals surface area contributed by atoms with Gasteiger partial charge in [0.1, 0.15) is 0 Å². The van der Waals surface area contributed by atoms with Crippen molar-refractivity contribution in [2.75, 3.05) is 16.8 Å². The number of benzene rings is 2. The molecule has 0 bridgehead atoms. The summed E-state index contributed by atoms with van der Waals surface area (Å²) in [6, 6.07) is 10.8. The second-order valence-electron chi connectivity index (χ2n) is 7.42. The molecule has 6 nitrogen and oxygen atoms in total. The number of anilines is 2. The molecule has 0 saturated carbocycles. The molecule has 1 fully saturated rings. The van der Waals surface area contributed by atoms with Crippen LogP contribution in [0.25, 0.3) is 5.69 Å². The lowest BCUT2D eigenvalue weighted by Crippen LogP contribution is -2.24. The first-order valence-electron chi connectivity index (χ1n) is 9.78. The number of rotatable bonds is 4. The molecule has 10 heteroatoms. The third-order valence-electron chi connectivity index (χ3n) is 5.13. The number of hydrogen-bond acceptors (Lipinski definition) is 3. The van der Waals surface area contributed by atoms with Crippen molar-refractivity contribution in [3.63, 3.8) is 0 Å². The number of nitrogens with one attached hydrogen (secondary N) is 1. The van der Waals surface area contributed by atoms with Crippen LogP contribution >= 0.6 is 11.6 Å². The summed E-state index contributed by atoms with van der Waals surface area (Å²) in [5.74, 6) is -1.03. The molecule has 0 atom stereocenters. The van der Waals surface area contributed by atoms with Gasteiger partial charge >= 0.3 is 6.18 Å². The topological polar surface area (TPSA) is 67.2 Å². The number of alkyl halides is 3. The van der Waals surface area contributed by atoms with Gasteiger partial charge in [0.25, 0.3) is 5.91 Å². The third-order valence-corrected chi connectivity index (χ3v) is 5.43. The smallest absolute Gasteiger partial charge is 0.322 e. The van der Waals surface area contributed by atoms with Crippen molar-refractivity contribution in [1.82, 2.24) is 9.78 Å². The Labute approximate surface area is 186 Å². The van der Waals surface area contributed by atoms with Crippen LogP contribution in [0, 0.1) is 6.92 Å². The van der Waals surface area contributed by atoms with Gasteiger partial charge in [-0.1, -0.05) is 29.3 Å². The largest absolute Gasteiger partial charge is 0.434 e. The number of aryl methyl sites for hydroxylation is 1. The number of carbonyl (C=O) groups excluding carboxylic acids is 2. The van der Waals surface area contributed by atoms with Gasteiger partial charge in [0.05, 0.1) is 28.2 Å². The molecule has 3 aromatic rings. The summed E-state index contributed by atoms with van der Waals surface area (Å²) >= 11 is 6.26. The number of halogens is 4. The molecule has 2 heterocycles. The quantitative estimate of drug-likeness (QED) is 0.577. The van der Waals surface area contributed by atoms with Crippen molar-refractivity contribution >= 4 is 34.8 Å². The molecule has 0 unspecified atom stereocenters. The van der Waals surface area contributed by atoms with Gasteiger partial charge in [-0.3, -0.25) is 9.59 Å². The first-order chi connectivity index (χ1) is 15.1. The molecule has 0 radical (unpaired) electrons. The van der Waals surface area contributed by atoms with Gasteiger partial charge in [0, 0.05) is 18.7 Å². The van der Waals surface area contributed by atoms with Crippen LogP contribution in [0.5, 0.6) is 0 Å². The number of hydrogen-bond donors (Lipinski definition) is 1. The van der Waals surface area contributed by atoms with E-state index in [1.165, 1.54) is 24.3 Å². The van der Waals surface area contributed by atoms with Crippen molar-refractivity contribution in [2.45, 2.75) is 25.9 Å². The Morgan fingerprint density at radius 1 is 1.16 bits per heavy atom. The van der Waals surface area contributed by atoms with Gasteiger partial charge in [-0.05, 0) is 43.7 Å². The molecule has 1 aliphatic heterocycles. The lowest BCUT2D eigenvalue weighted by Gasteiger charge is -2.18. The molecule has 1 N–H and O–H groups in total. The fourth-order valence-corrected chi connectivity index (χ4v) is 3.86. The molecule has 0 aliphatic carbocycles. The maximum Gasteiger partial charge on any atom is 0.434 e. The third kappa shape index (κ3) is 4.20. The average molecular weight is 463 g/mol. The number of carbonyl (C=O) groups is 2. The van der Waals surface area contributed by atoms with E-state index in [-0.39, 0.29) is 22.3 Å². The highest BCUT2D eigenvalue weighted by Gasteiger charge is 2.40. The highest BCUT2D eigenvalue weighted by Crippen LogP contribution is 2.35. The summed E-state index contributed by atoms with van der Waals surface area (Å²) in [5, 5.41) is 6.45. The second-order valence-corrected chi connectivity index (χ2v) is 7.83. The highest BCUT2D eigenvalue weighted by molar-refractivity contribution is 6.34. The summed E-state index contributed by atoms with van der Waals surface area (Å²) in [6.07, 6.45) is -2.78. The molecule has 166 valence electrons. The molecule has 1 aromatic heterocycles.